The number of carbonyl (C=O) groups is 1. The molecule has 142 valence electrons. The van der Waals surface area contributed by atoms with Crippen molar-refractivity contribution in [1.82, 2.24) is 4.98 Å². The largest absolute Gasteiger partial charge is 0.495 e. The van der Waals surface area contributed by atoms with Crippen LogP contribution in [0, 0.1) is 6.92 Å². The van der Waals surface area contributed by atoms with Crippen LogP contribution in [-0.4, -0.2) is 24.5 Å². The van der Waals surface area contributed by atoms with Gasteiger partial charge in [-0.3, -0.25) is 9.78 Å². The first-order valence-electron chi connectivity index (χ1n) is 9.04. The standard InChI is InChI=1S/C22H20ClN3O2/c1-14-11-18(21(28-2)13-17(14)23)25-16-7-9-24-19(12-16)22(27)26-10-8-15-5-3-4-6-20(15)26/h3-7,9,11-13H,8,10H2,1-2H3,(H,24,25). The smallest absolute Gasteiger partial charge is 0.276 e. The van der Waals surface area contributed by atoms with Crippen LogP contribution in [0.3, 0.4) is 0 Å². The molecule has 3 aromatic rings. The number of benzene rings is 2. The van der Waals surface area contributed by atoms with E-state index >= 15 is 0 Å². The van der Waals surface area contributed by atoms with Gasteiger partial charge in [0, 0.05) is 35.2 Å². The molecule has 6 heteroatoms. The second kappa shape index (κ2) is 7.52. The highest BCUT2D eigenvalue weighted by molar-refractivity contribution is 6.31. The number of ether oxygens (including phenoxy) is 1. The number of nitrogens with one attached hydrogen (secondary N) is 1. The molecule has 4 rings (SSSR count). The first-order valence-corrected chi connectivity index (χ1v) is 9.41. The normalized spacial score (nSPS) is 12.6. The number of carbonyl (C=O) groups excluding carboxylic acids is 1. The number of pyridine rings is 1. The SMILES string of the molecule is COc1cc(Cl)c(C)cc1Nc1ccnc(C(=O)N2CCc3ccccc32)c1. The molecule has 2 aromatic carbocycles. The molecule has 0 saturated heterocycles. The molecule has 0 aliphatic carbocycles. The number of methoxy groups -OCH3 is 1. The van der Waals surface area contributed by atoms with Crippen LogP contribution in [0.4, 0.5) is 17.1 Å². The highest BCUT2D eigenvalue weighted by Crippen LogP contribution is 2.33. The Morgan fingerprint density at radius 3 is 2.86 bits per heavy atom. The minimum atomic E-state index is -0.104. The molecule has 1 aliphatic heterocycles. The number of halogens is 1. The quantitative estimate of drug-likeness (QED) is 0.677. The number of nitrogens with zero attached hydrogens (tertiary/aromatic N) is 2. The summed E-state index contributed by atoms with van der Waals surface area (Å²) in [5.41, 5.74) is 5.01. The summed E-state index contributed by atoms with van der Waals surface area (Å²) in [5.74, 6) is 0.529. The molecule has 0 spiro atoms. The van der Waals surface area contributed by atoms with Crippen LogP contribution in [-0.2, 0) is 6.42 Å². The Labute approximate surface area is 168 Å². The Balaban J connectivity index is 1.61. The van der Waals surface area contributed by atoms with Crippen molar-refractivity contribution in [1.29, 1.82) is 0 Å². The fourth-order valence-electron chi connectivity index (χ4n) is 3.40. The van der Waals surface area contributed by atoms with Gasteiger partial charge in [0.05, 0.1) is 12.8 Å². The van der Waals surface area contributed by atoms with Gasteiger partial charge in [-0.25, -0.2) is 0 Å². The lowest BCUT2D eigenvalue weighted by molar-refractivity contribution is 0.0984. The molecule has 0 radical (unpaired) electrons. The zero-order chi connectivity index (χ0) is 19.7. The first-order chi connectivity index (χ1) is 13.6. The molecule has 0 saturated carbocycles. The number of aryl methyl sites for hydroxylation is 1. The van der Waals surface area contributed by atoms with Crippen LogP contribution in [0.15, 0.2) is 54.7 Å². The summed E-state index contributed by atoms with van der Waals surface area (Å²) in [6.07, 6.45) is 2.49. The summed E-state index contributed by atoms with van der Waals surface area (Å²) < 4.78 is 5.41. The van der Waals surface area contributed by atoms with E-state index in [2.05, 4.69) is 16.4 Å². The monoisotopic (exact) mass is 393 g/mol. The Bertz CT molecular complexity index is 1050. The summed E-state index contributed by atoms with van der Waals surface area (Å²) in [5, 5.41) is 3.94. The van der Waals surface area contributed by atoms with Gasteiger partial charge < -0.3 is 15.0 Å². The van der Waals surface area contributed by atoms with Crippen molar-refractivity contribution >= 4 is 34.6 Å². The fraction of sp³-hybridized carbons (Fsp3) is 0.182. The molecule has 0 unspecified atom stereocenters. The summed E-state index contributed by atoms with van der Waals surface area (Å²) in [6, 6.07) is 15.2. The second-order valence-electron chi connectivity index (χ2n) is 6.69. The fourth-order valence-corrected chi connectivity index (χ4v) is 3.55. The van der Waals surface area contributed by atoms with Crippen molar-refractivity contribution in [3.63, 3.8) is 0 Å². The third kappa shape index (κ3) is 3.41. The molecule has 2 heterocycles. The van der Waals surface area contributed by atoms with Crippen molar-refractivity contribution in [2.45, 2.75) is 13.3 Å². The molecule has 0 atom stereocenters. The predicted molar refractivity (Wildman–Crippen MR) is 112 cm³/mol. The molecule has 5 nitrogen and oxygen atoms in total. The van der Waals surface area contributed by atoms with Crippen LogP contribution < -0.4 is 15.0 Å². The molecular weight excluding hydrogens is 374 g/mol. The van der Waals surface area contributed by atoms with Gasteiger partial charge in [0.25, 0.3) is 5.91 Å². The van der Waals surface area contributed by atoms with Crippen LogP contribution >= 0.6 is 11.6 Å². The predicted octanol–water partition coefficient (Wildman–Crippen LogP) is 5.00. The number of rotatable bonds is 4. The first kappa shape index (κ1) is 18.3. The van der Waals surface area contributed by atoms with Gasteiger partial charge in [0.15, 0.2) is 0 Å². The van der Waals surface area contributed by atoms with Crippen molar-refractivity contribution in [2.24, 2.45) is 0 Å². The maximum Gasteiger partial charge on any atom is 0.276 e. The van der Waals surface area contributed by atoms with E-state index < -0.39 is 0 Å². The van der Waals surface area contributed by atoms with Crippen LogP contribution in [0.2, 0.25) is 5.02 Å². The Kier molecular flexibility index (Phi) is 4.92. The Morgan fingerprint density at radius 1 is 1.21 bits per heavy atom. The van der Waals surface area contributed by atoms with E-state index in [-0.39, 0.29) is 5.91 Å². The molecule has 0 fully saturated rings. The molecular formula is C22H20ClN3O2. The average Bonchev–Trinajstić information content (AvgIpc) is 3.14. The van der Waals surface area contributed by atoms with Crippen LogP contribution in [0.25, 0.3) is 0 Å². The van der Waals surface area contributed by atoms with Crippen LogP contribution in [0.5, 0.6) is 5.75 Å². The molecule has 28 heavy (non-hydrogen) atoms. The van der Waals surface area contributed by atoms with Gasteiger partial charge in [0.2, 0.25) is 0 Å². The van der Waals surface area contributed by atoms with Crippen molar-refractivity contribution < 1.29 is 9.53 Å². The third-order valence-electron chi connectivity index (χ3n) is 4.87. The van der Waals surface area contributed by atoms with Gasteiger partial charge in [-0.15, -0.1) is 0 Å². The van der Waals surface area contributed by atoms with Gasteiger partial charge in [0.1, 0.15) is 11.4 Å². The number of anilines is 3. The van der Waals surface area contributed by atoms with E-state index in [1.165, 1.54) is 5.56 Å². The molecule has 1 aliphatic rings. The number of hydrogen-bond acceptors (Lipinski definition) is 4. The van der Waals surface area contributed by atoms with E-state index in [4.69, 9.17) is 16.3 Å². The topological polar surface area (TPSA) is 54.5 Å². The minimum absolute atomic E-state index is 0.104. The van der Waals surface area contributed by atoms with Crippen molar-refractivity contribution in [2.75, 3.05) is 23.9 Å². The second-order valence-corrected chi connectivity index (χ2v) is 7.10. The highest BCUT2D eigenvalue weighted by atomic mass is 35.5. The van der Waals surface area contributed by atoms with E-state index in [1.807, 2.05) is 37.3 Å². The van der Waals surface area contributed by atoms with Crippen LogP contribution in [0.1, 0.15) is 21.6 Å². The molecule has 0 bridgehead atoms. The van der Waals surface area contributed by atoms with Gasteiger partial charge >= 0.3 is 0 Å². The summed E-state index contributed by atoms with van der Waals surface area (Å²) in [7, 11) is 1.60. The lowest BCUT2D eigenvalue weighted by atomic mass is 10.2. The summed E-state index contributed by atoms with van der Waals surface area (Å²) in [6.45, 7) is 2.60. The zero-order valence-electron chi connectivity index (χ0n) is 15.7. The van der Waals surface area contributed by atoms with E-state index in [9.17, 15) is 4.79 Å². The lowest BCUT2D eigenvalue weighted by Gasteiger charge is -2.18. The number of aromatic nitrogens is 1. The number of fused-ring (bicyclic) bond motifs is 1. The maximum absolute atomic E-state index is 13.0. The van der Waals surface area contributed by atoms with E-state index in [0.29, 0.717) is 23.0 Å². The summed E-state index contributed by atoms with van der Waals surface area (Å²) in [4.78, 5) is 19.1. The minimum Gasteiger partial charge on any atom is -0.495 e. The van der Waals surface area contributed by atoms with Crippen molar-refractivity contribution in [3.05, 3.63) is 76.6 Å². The summed E-state index contributed by atoms with van der Waals surface area (Å²) >= 11 is 6.18. The third-order valence-corrected chi connectivity index (χ3v) is 5.28. The molecule has 1 N–H and O–H groups in total. The van der Waals surface area contributed by atoms with E-state index in [0.717, 1.165) is 29.0 Å². The average molecular weight is 394 g/mol. The highest BCUT2D eigenvalue weighted by Gasteiger charge is 2.26. The Hall–Kier alpha value is -3.05. The number of amides is 1. The maximum atomic E-state index is 13.0. The number of para-hydroxylation sites is 1. The van der Waals surface area contributed by atoms with Gasteiger partial charge in [-0.1, -0.05) is 29.8 Å². The van der Waals surface area contributed by atoms with Gasteiger partial charge in [-0.2, -0.15) is 0 Å². The van der Waals surface area contributed by atoms with Crippen molar-refractivity contribution in [3.8, 4) is 5.75 Å². The number of hydrogen-bond donors (Lipinski definition) is 1. The molecule has 1 amide bonds. The van der Waals surface area contributed by atoms with Gasteiger partial charge in [-0.05, 0) is 48.7 Å². The van der Waals surface area contributed by atoms with E-state index in [1.54, 1.807) is 30.3 Å². The lowest BCUT2D eigenvalue weighted by Crippen LogP contribution is -2.29. The zero-order valence-corrected chi connectivity index (χ0v) is 16.5. The molecule has 1 aromatic heterocycles. The Morgan fingerprint density at radius 2 is 2.04 bits per heavy atom.